The van der Waals surface area contributed by atoms with Crippen LogP contribution in [-0.2, 0) is 6.42 Å². The standard InChI is InChI=1S/C13H18N4/c1-3-11-16-12(13(14)17(11)15)9(2)10-7-5-4-6-8-10/h4-9H,3,14-15H2,1-2H3. The van der Waals surface area contributed by atoms with Crippen molar-refractivity contribution >= 4 is 5.82 Å². The molecule has 4 N–H and O–H groups in total. The van der Waals surface area contributed by atoms with Gasteiger partial charge in [0, 0.05) is 12.3 Å². The van der Waals surface area contributed by atoms with E-state index in [9.17, 15) is 0 Å². The Bertz CT molecular complexity index is 502. The molecule has 0 saturated carbocycles. The van der Waals surface area contributed by atoms with Gasteiger partial charge in [0.1, 0.15) is 11.6 Å². The van der Waals surface area contributed by atoms with E-state index in [1.54, 1.807) is 0 Å². The smallest absolute Gasteiger partial charge is 0.146 e. The van der Waals surface area contributed by atoms with Crippen molar-refractivity contribution in [3.8, 4) is 0 Å². The number of nitrogens with two attached hydrogens (primary N) is 2. The summed E-state index contributed by atoms with van der Waals surface area (Å²) in [5.41, 5.74) is 8.04. The third kappa shape index (κ3) is 1.98. The first-order valence-corrected chi connectivity index (χ1v) is 5.82. The van der Waals surface area contributed by atoms with E-state index < -0.39 is 0 Å². The van der Waals surface area contributed by atoms with Gasteiger partial charge in [-0.15, -0.1) is 0 Å². The summed E-state index contributed by atoms with van der Waals surface area (Å²) in [6.45, 7) is 4.11. The number of aryl methyl sites for hydroxylation is 1. The van der Waals surface area contributed by atoms with E-state index in [0.29, 0.717) is 5.82 Å². The summed E-state index contributed by atoms with van der Waals surface area (Å²) in [5.74, 6) is 7.39. The summed E-state index contributed by atoms with van der Waals surface area (Å²) in [7, 11) is 0. The van der Waals surface area contributed by atoms with Gasteiger partial charge in [0.25, 0.3) is 0 Å². The zero-order valence-corrected chi connectivity index (χ0v) is 10.2. The molecule has 2 rings (SSSR count). The van der Waals surface area contributed by atoms with Crippen LogP contribution in [0.4, 0.5) is 5.82 Å². The molecule has 1 aromatic carbocycles. The maximum atomic E-state index is 5.99. The Kier molecular flexibility index (Phi) is 3.04. The lowest BCUT2D eigenvalue weighted by Gasteiger charge is -2.10. The van der Waals surface area contributed by atoms with Gasteiger partial charge in [0.15, 0.2) is 0 Å². The monoisotopic (exact) mass is 230 g/mol. The van der Waals surface area contributed by atoms with Crippen molar-refractivity contribution in [3.63, 3.8) is 0 Å². The van der Waals surface area contributed by atoms with E-state index in [1.807, 2.05) is 25.1 Å². The van der Waals surface area contributed by atoms with Crippen molar-refractivity contribution in [2.45, 2.75) is 26.2 Å². The molecule has 1 aromatic heterocycles. The third-order valence-electron chi connectivity index (χ3n) is 3.08. The second kappa shape index (κ2) is 4.49. The lowest BCUT2D eigenvalue weighted by atomic mass is 9.98. The van der Waals surface area contributed by atoms with Gasteiger partial charge in [-0.2, -0.15) is 0 Å². The molecule has 2 aromatic rings. The highest BCUT2D eigenvalue weighted by molar-refractivity contribution is 5.44. The highest BCUT2D eigenvalue weighted by atomic mass is 15.4. The molecule has 1 unspecified atom stereocenters. The van der Waals surface area contributed by atoms with Gasteiger partial charge in [-0.25, -0.2) is 9.66 Å². The Labute approximate surface area is 101 Å². The molecular weight excluding hydrogens is 212 g/mol. The first-order valence-electron chi connectivity index (χ1n) is 5.82. The Morgan fingerprint density at radius 3 is 2.47 bits per heavy atom. The van der Waals surface area contributed by atoms with Gasteiger partial charge in [-0.05, 0) is 5.56 Å². The number of imidazole rings is 1. The van der Waals surface area contributed by atoms with Crippen LogP contribution in [0.25, 0.3) is 0 Å². The highest BCUT2D eigenvalue weighted by Crippen LogP contribution is 2.27. The van der Waals surface area contributed by atoms with E-state index in [1.165, 1.54) is 10.2 Å². The molecule has 0 saturated heterocycles. The summed E-state index contributed by atoms with van der Waals surface area (Å²) in [6.07, 6.45) is 0.780. The van der Waals surface area contributed by atoms with Crippen molar-refractivity contribution in [1.82, 2.24) is 9.66 Å². The van der Waals surface area contributed by atoms with Gasteiger partial charge in [-0.3, -0.25) is 0 Å². The second-order valence-electron chi connectivity index (χ2n) is 4.15. The number of hydrogen-bond donors (Lipinski definition) is 2. The van der Waals surface area contributed by atoms with Crippen LogP contribution in [-0.4, -0.2) is 9.66 Å². The van der Waals surface area contributed by atoms with Crippen LogP contribution in [0.15, 0.2) is 30.3 Å². The van der Waals surface area contributed by atoms with Crippen molar-refractivity contribution in [2.24, 2.45) is 0 Å². The summed E-state index contributed by atoms with van der Waals surface area (Å²) in [5, 5.41) is 0. The number of aromatic nitrogens is 2. The number of benzene rings is 1. The van der Waals surface area contributed by atoms with E-state index in [0.717, 1.165) is 17.9 Å². The summed E-state index contributed by atoms with van der Waals surface area (Å²) < 4.78 is 1.48. The summed E-state index contributed by atoms with van der Waals surface area (Å²) >= 11 is 0. The van der Waals surface area contributed by atoms with E-state index >= 15 is 0 Å². The molecule has 90 valence electrons. The fourth-order valence-corrected chi connectivity index (χ4v) is 1.98. The number of rotatable bonds is 3. The molecule has 0 spiro atoms. The van der Waals surface area contributed by atoms with Crippen LogP contribution in [0.1, 0.15) is 36.8 Å². The van der Waals surface area contributed by atoms with Crippen molar-refractivity contribution in [2.75, 3.05) is 11.6 Å². The zero-order valence-electron chi connectivity index (χ0n) is 10.2. The van der Waals surface area contributed by atoms with Gasteiger partial charge in [0.05, 0.1) is 5.69 Å². The minimum Gasteiger partial charge on any atom is -0.382 e. The van der Waals surface area contributed by atoms with E-state index in [4.69, 9.17) is 11.6 Å². The van der Waals surface area contributed by atoms with Crippen molar-refractivity contribution in [3.05, 3.63) is 47.4 Å². The van der Waals surface area contributed by atoms with Crippen LogP contribution in [0.5, 0.6) is 0 Å². The molecule has 0 aliphatic rings. The van der Waals surface area contributed by atoms with Gasteiger partial charge in [-0.1, -0.05) is 44.2 Å². The predicted molar refractivity (Wildman–Crippen MR) is 70.1 cm³/mol. The first-order chi connectivity index (χ1) is 8.15. The largest absolute Gasteiger partial charge is 0.382 e. The molecule has 1 atom stereocenters. The molecule has 17 heavy (non-hydrogen) atoms. The minimum absolute atomic E-state index is 0.159. The molecule has 0 aliphatic carbocycles. The van der Waals surface area contributed by atoms with Crippen LogP contribution in [0.2, 0.25) is 0 Å². The van der Waals surface area contributed by atoms with Crippen LogP contribution in [0.3, 0.4) is 0 Å². The predicted octanol–water partition coefficient (Wildman–Crippen LogP) is 1.89. The lowest BCUT2D eigenvalue weighted by Crippen LogP contribution is -2.15. The van der Waals surface area contributed by atoms with Crippen LogP contribution < -0.4 is 11.6 Å². The Balaban J connectivity index is 2.41. The van der Waals surface area contributed by atoms with Crippen molar-refractivity contribution < 1.29 is 0 Å². The van der Waals surface area contributed by atoms with E-state index in [-0.39, 0.29) is 5.92 Å². The maximum Gasteiger partial charge on any atom is 0.146 e. The second-order valence-corrected chi connectivity index (χ2v) is 4.15. The molecule has 0 aliphatic heterocycles. The summed E-state index contributed by atoms with van der Waals surface area (Å²) in [6, 6.07) is 10.2. The summed E-state index contributed by atoms with van der Waals surface area (Å²) in [4.78, 5) is 4.52. The molecule has 4 nitrogen and oxygen atoms in total. The quantitative estimate of drug-likeness (QED) is 0.791. The molecule has 0 radical (unpaired) electrons. The average molecular weight is 230 g/mol. The Hall–Kier alpha value is -1.97. The van der Waals surface area contributed by atoms with Crippen LogP contribution in [0, 0.1) is 0 Å². The fraction of sp³-hybridized carbons (Fsp3) is 0.308. The topological polar surface area (TPSA) is 69.9 Å². The molecule has 0 fully saturated rings. The van der Waals surface area contributed by atoms with E-state index in [2.05, 4.69) is 24.0 Å². The van der Waals surface area contributed by atoms with Crippen LogP contribution >= 0.6 is 0 Å². The molecular formula is C13H18N4. The normalized spacial score (nSPS) is 12.6. The van der Waals surface area contributed by atoms with Gasteiger partial charge < -0.3 is 11.6 Å². The lowest BCUT2D eigenvalue weighted by molar-refractivity contribution is 0.849. The number of anilines is 1. The highest BCUT2D eigenvalue weighted by Gasteiger charge is 2.18. The SMILES string of the molecule is CCc1nc(C(C)c2ccccc2)c(N)n1N. The molecule has 0 amide bonds. The minimum atomic E-state index is 0.159. The number of hydrogen-bond acceptors (Lipinski definition) is 3. The van der Waals surface area contributed by atoms with Crippen molar-refractivity contribution in [1.29, 1.82) is 0 Å². The average Bonchev–Trinajstić information content (AvgIpc) is 2.66. The Morgan fingerprint density at radius 1 is 1.29 bits per heavy atom. The Morgan fingerprint density at radius 2 is 1.94 bits per heavy atom. The number of nitrogen functional groups attached to an aromatic ring is 2. The number of nitrogens with zero attached hydrogens (tertiary/aromatic N) is 2. The maximum absolute atomic E-state index is 5.99. The first kappa shape index (κ1) is 11.5. The zero-order chi connectivity index (χ0) is 12.4. The molecule has 1 heterocycles. The third-order valence-corrected chi connectivity index (χ3v) is 3.08. The van der Waals surface area contributed by atoms with Gasteiger partial charge in [0.2, 0.25) is 0 Å². The molecule has 4 heteroatoms. The molecule has 0 bridgehead atoms. The fourth-order valence-electron chi connectivity index (χ4n) is 1.98. The van der Waals surface area contributed by atoms with Gasteiger partial charge >= 0.3 is 0 Å².